The summed E-state index contributed by atoms with van der Waals surface area (Å²) in [5, 5.41) is 2.87. The van der Waals surface area contributed by atoms with Crippen LogP contribution in [0.5, 0.6) is 5.75 Å². The van der Waals surface area contributed by atoms with Crippen LogP contribution in [0.3, 0.4) is 0 Å². The van der Waals surface area contributed by atoms with Gasteiger partial charge in [-0.3, -0.25) is 4.79 Å². The van der Waals surface area contributed by atoms with Crippen LogP contribution in [0.1, 0.15) is 43.4 Å². The third-order valence-electron chi connectivity index (χ3n) is 4.01. The summed E-state index contributed by atoms with van der Waals surface area (Å²) in [7, 11) is 0. The molecule has 0 saturated heterocycles. The van der Waals surface area contributed by atoms with Gasteiger partial charge >= 0.3 is 0 Å². The molecule has 0 aliphatic heterocycles. The highest BCUT2D eigenvalue weighted by atomic mass is 35.5. The summed E-state index contributed by atoms with van der Waals surface area (Å²) in [5.74, 6) is 0.991. The van der Waals surface area contributed by atoms with Crippen LogP contribution < -0.4 is 15.8 Å². The predicted molar refractivity (Wildman–Crippen MR) is 106 cm³/mol. The van der Waals surface area contributed by atoms with E-state index < -0.39 is 6.10 Å². The molecule has 2 aromatic carbocycles. The van der Waals surface area contributed by atoms with E-state index in [0.29, 0.717) is 12.5 Å². The molecular formula is C20H27ClN2O2. The van der Waals surface area contributed by atoms with E-state index in [0.717, 1.165) is 22.6 Å². The van der Waals surface area contributed by atoms with Gasteiger partial charge in [0.25, 0.3) is 5.91 Å². The molecule has 2 aromatic rings. The van der Waals surface area contributed by atoms with Gasteiger partial charge in [-0.1, -0.05) is 38.1 Å². The standard InChI is InChI=1S/C20H26N2O2.ClH/c1-13(2)17-8-5-14(3)19(11-17)24-15(4)20(23)22-18-9-6-16(12-21)7-10-18;/h5-11,13,15H,12,21H2,1-4H3,(H,22,23);1H. The van der Waals surface area contributed by atoms with Gasteiger partial charge in [-0.25, -0.2) is 0 Å². The lowest BCUT2D eigenvalue weighted by molar-refractivity contribution is -0.122. The summed E-state index contributed by atoms with van der Waals surface area (Å²) in [6.07, 6.45) is -0.583. The van der Waals surface area contributed by atoms with Crippen LogP contribution in [-0.4, -0.2) is 12.0 Å². The van der Waals surface area contributed by atoms with Crippen molar-refractivity contribution in [2.24, 2.45) is 5.73 Å². The Kier molecular flexibility index (Phi) is 7.94. The fourth-order valence-corrected chi connectivity index (χ4v) is 2.31. The van der Waals surface area contributed by atoms with Crippen molar-refractivity contribution >= 4 is 24.0 Å². The molecule has 0 radical (unpaired) electrons. The molecular weight excluding hydrogens is 336 g/mol. The largest absolute Gasteiger partial charge is 0.481 e. The first-order chi connectivity index (χ1) is 11.4. The van der Waals surface area contributed by atoms with Crippen LogP contribution in [0.15, 0.2) is 42.5 Å². The molecule has 25 heavy (non-hydrogen) atoms. The normalized spacial score (nSPS) is 11.6. The van der Waals surface area contributed by atoms with E-state index in [-0.39, 0.29) is 18.3 Å². The van der Waals surface area contributed by atoms with Crippen molar-refractivity contribution in [2.45, 2.75) is 46.3 Å². The minimum Gasteiger partial charge on any atom is -0.481 e. The Morgan fingerprint density at radius 2 is 1.76 bits per heavy atom. The molecule has 0 heterocycles. The molecule has 136 valence electrons. The molecule has 1 amide bonds. The second-order valence-corrected chi connectivity index (χ2v) is 6.33. The predicted octanol–water partition coefficient (Wildman–Crippen LogP) is 4.40. The van der Waals surface area contributed by atoms with E-state index >= 15 is 0 Å². The van der Waals surface area contributed by atoms with Gasteiger partial charge < -0.3 is 15.8 Å². The second kappa shape index (κ2) is 9.44. The molecule has 0 aliphatic carbocycles. The number of halogens is 1. The van der Waals surface area contributed by atoms with Crippen molar-refractivity contribution in [3.8, 4) is 5.75 Å². The third kappa shape index (κ3) is 5.76. The maximum atomic E-state index is 12.3. The Bertz CT molecular complexity index is 699. The fraction of sp³-hybridized carbons (Fsp3) is 0.350. The van der Waals surface area contributed by atoms with Crippen LogP contribution in [0.4, 0.5) is 5.69 Å². The Balaban J connectivity index is 0.00000312. The number of anilines is 1. The van der Waals surface area contributed by atoms with Gasteiger partial charge in [0.15, 0.2) is 6.10 Å². The van der Waals surface area contributed by atoms with Gasteiger partial charge in [0.1, 0.15) is 5.75 Å². The lowest BCUT2D eigenvalue weighted by atomic mass is 10.0. The lowest BCUT2D eigenvalue weighted by Crippen LogP contribution is -2.30. The molecule has 0 fully saturated rings. The number of carbonyl (C=O) groups is 1. The molecule has 0 saturated carbocycles. The number of hydrogen-bond donors (Lipinski definition) is 2. The third-order valence-corrected chi connectivity index (χ3v) is 4.01. The monoisotopic (exact) mass is 362 g/mol. The fourth-order valence-electron chi connectivity index (χ4n) is 2.31. The molecule has 0 spiro atoms. The van der Waals surface area contributed by atoms with Crippen molar-refractivity contribution in [1.82, 2.24) is 0 Å². The topological polar surface area (TPSA) is 64.3 Å². The van der Waals surface area contributed by atoms with Crippen LogP contribution in [0, 0.1) is 6.92 Å². The van der Waals surface area contributed by atoms with E-state index in [9.17, 15) is 4.79 Å². The van der Waals surface area contributed by atoms with Gasteiger partial charge in [-0.2, -0.15) is 0 Å². The van der Waals surface area contributed by atoms with Gasteiger partial charge in [-0.05, 0) is 54.7 Å². The summed E-state index contributed by atoms with van der Waals surface area (Å²) < 4.78 is 5.88. The summed E-state index contributed by atoms with van der Waals surface area (Å²) in [6.45, 7) is 8.49. The van der Waals surface area contributed by atoms with E-state index in [2.05, 4.69) is 25.2 Å². The van der Waals surface area contributed by atoms with E-state index in [4.69, 9.17) is 10.5 Å². The molecule has 0 aliphatic rings. The number of ether oxygens (including phenoxy) is 1. The van der Waals surface area contributed by atoms with E-state index in [1.165, 1.54) is 5.56 Å². The zero-order valence-electron chi connectivity index (χ0n) is 15.2. The molecule has 0 aromatic heterocycles. The minimum atomic E-state index is -0.583. The Labute approximate surface area is 156 Å². The van der Waals surface area contributed by atoms with Gasteiger partial charge in [0.05, 0.1) is 0 Å². The number of amides is 1. The number of benzene rings is 2. The Morgan fingerprint density at radius 1 is 1.12 bits per heavy atom. The summed E-state index contributed by atoms with van der Waals surface area (Å²) >= 11 is 0. The van der Waals surface area contributed by atoms with Gasteiger partial charge in [0, 0.05) is 12.2 Å². The average Bonchev–Trinajstić information content (AvgIpc) is 2.57. The first-order valence-corrected chi connectivity index (χ1v) is 8.27. The zero-order chi connectivity index (χ0) is 17.7. The van der Waals surface area contributed by atoms with Crippen molar-refractivity contribution in [3.63, 3.8) is 0 Å². The molecule has 3 N–H and O–H groups in total. The quantitative estimate of drug-likeness (QED) is 0.800. The highest BCUT2D eigenvalue weighted by Crippen LogP contribution is 2.25. The summed E-state index contributed by atoms with van der Waals surface area (Å²) in [4.78, 5) is 12.3. The second-order valence-electron chi connectivity index (χ2n) is 6.33. The lowest BCUT2D eigenvalue weighted by Gasteiger charge is -2.18. The van der Waals surface area contributed by atoms with Gasteiger partial charge in [-0.15, -0.1) is 12.4 Å². The van der Waals surface area contributed by atoms with Crippen LogP contribution in [0.25, 0.3) is 0 Å². The molecule has 0 bridgehead atoms. The van der Waals surface area contributed by atoms with Crippen LogP contribution >= 0.6 is 12.4 Å². The minimum absolute atomic E-state index is 0. The summed E-state index contributed by atoms with van der Waals surface area (Å²) in [5.41, 5.74) is 9.55. The first-order valence-electron chi connectivity index (χ1n) is 8.27. The number of nitrogens with two attached hydrogens (primary N) is 1. The average molecular weight is 363 g/mol. The zero-order valence-corrected chi connectivity index (χ0v) is 16.0. The van der Waals surface area contributed by atoms with Crippen LogP contribution in [-0.2, 0) is 11.3 Å². The van der Waals surface area contributed by atoms with Crippen molar-refractivity contribution < 1.29 is 9.53 Å². The Hall–Kier alpha value is -2.04. The molecule has 1 unspecified atom stereocenters. The maximum Gasteiger partial charge on any atom is 0.265 e. The summed E-state index contributed by atoms with van der Waals surface area (Å²) in [6, 6.07) is 13.6. The van der Waals surface area contributed by atoms with Crippen molar-refractivity contribution in [1.29, 1.82) is 0 Å². The van der Waals surface area contributed by atoms with Crippen LogP contribution in [0.2, 0.25) is 0 Å². The van der Waals surface area contributed by atoms with Crippen molar-refractivity contribution in [2.75, 3.05) is 5.32 Å². The number of aryl methyl sites for hydroxylation is 1. The van der Waals surface area contributed by atoms with Gasteiger partial charge in [0.2, 0.25) is 0 Å². The molecule has 5 heteroatoms. The molecule has 1 atom stereocenters. The molecule has 2 rings (SSSR count). The molecule has 4 nitrogen and oxygen atoms in total. The number of hydrogen-bond acceptors (Lipinski definition) is 3. The number of rotatable bonds is 6. The highest BCUT2D eigenvalue weighted by Gasteiger charge is 2.16. The number of nitrogens with one attached hydrogen (secondary N) is 1. The Morgan fingerprint density at radius 3 is 2.32 bits per heavy atom. The maximum absolute atomic E-state index is 12.3. The van der Waals surface area contributed by atoms with E-state index in [1.807, 2.05) is 43.3 Å². The number of carbonyl (C=O) groups excluding carboxylic acids is 1. The SMILES string of the molecule is Cc1ccc(C(C)C)cc1OC(C)C(=O)Nc1ccc(CN)cc1.Cl. The highest BCUT2D eigenvalue weighted by molar-refractivity contribution is 5.94. The first kappa shape index (κ1) is 21.0. The van der Waals surface area contributed by atoms with Crippen molar-refractivity contribution in [3.05, 3.63) is 59.2 Å². The van der Waals surface area contributed by atoms with E-state index in [1.54, 1.807) is 6.92 Å². The smallest absolute Gasteiger partial charge is 0.265 e.